The number of aryl methyl sites for hydroxylation is 1. The Kier molecular flexibility index (Phi) is 8.62. The first-order valence-corrected chi connectivity index (χ1v) is 13.0. The summed E-state index contributed by atoms with van der Waals surface area (Å²) in [5.41, 5.74) is 5.26. The van der Waals surface area contributed by atoms with Crippen molar-refractivity contribution < 1.29 is 9.59 Å². The molecule has 6 heteroatoms. The van der Waals surface area contributed by atoms with Gasteiger partial charge in [0.25, 0.3) is 0 Å². The van der Waals surface area contributed by atoms with Crippen molar-refractivity contribution in [1.29, 1.82) is 0 Å². The number of para-hydroxylation sites is 1. The van der Waals surface area contributed by atoms with Crippen LogP contribution in [0, 0.1) is 0 Å². The fourth-order valence-corrected chi connectivity index (χ4v) is 4.44. The Balaban J connectivity index is 1.48. The molecule has 0 radical (unpaired) electrons. The molecule has 3 aromatic carbocycles. The molecule has 2 N–H and O–H groups in total. The highest BCUT2D eigenvalue weighted by molar-refractivity contribution is 5.92. The van der Waals surface area contributed by atoms with Gasteiger partial charge in [-0.2, -0.15) is 0 Å². The van der Waals surface area contributed by atoms with Crippen molar-refractivity contribution >= 4 is 28.5 Å². The molecule has 0 spiro atoms. The number of nitrogens with one attached hydrogen (secondary N) is 2. The van der Waals surface area contributed by atoms with E-state index < -0.39 is 0 Å². The molecule has 1 aromatic heterocycles. The van der Waals surface area contributed by atoms with Gasteiger partial charge in [-0.25, -0.2) is 4.79 Å². The summed E-state index contributed by atoms with van der Waals surface area (Å²) in [6.45, 7) is 7.02. The van der Waals surface area contributed by atoms with Gasteiger partial charge in [0.15, 0.2) is 0 Å². The van der Waals surface area contributed by atoms with E-state index in [1.165, 1.54) is 16.5 Å². The zero-order valence-electron chi connectivity index (χ0n) is 21.9. The Bertz CT molecular complexity index is 1310. The number of hydrogen-bond acceptors (Lipinski definition) is 2. The van der Waals surface area contributed by atoms with Gasteiger partial charge in [-0.05, 0) is 61.6 Å². The molecule has 4 rings (SSSR count). The number of aromatic nitrogens is 1. The van der Waals surface area contributed by atoms with Gasteiger partial charge in [-0.3, -0.25) is 4.79 Å². The second-order valence-corrected chi connectivity index (χ2v) is 9.61. The predicted octanol–water partition coefficient (Wildman–Crippen LogP) is 6.24. The van der Waals surface area contributed by atoms with E-state index >= 15 is 0 Å². The van der Waals surface area contributed by atoms with Crippen LogP contribution in [0.1, 0.15) is 37.5 Å². The number of rotatable bonds is 10. The molecule has 0 saturated carbocycles. The molecule has 0 saturated heterocycles. The number of fused-ring (bicyclic) bond motifs is 1. The first-order chi connectivity index (χ1) is 17.9. The summed E-state index contributed by atoms with van der Waals surface area (Å²) in [5.74, 6) is -0.0751. The van der Waals surface area contributed by atoms with E-state index in [-0.39, 0.29) is 24.5 Å². The van der Waals surface area contributed by atoms with Crippen LogP contribution in [-0.2, 0) is 24.2 Å². The maximum atomic E-state index is 13.6. The number of aromatic amines is 1. The number of H-pyrrole nitrogens is 1. The molecule has 37 heavy (non-hydrogen) atoms. The topological polar surface area (TPSA) is 68.4 Å². The third kappa shape index (κ3) is 6.79. The zero-order chi connectivity index (χ0) is 26.2. The molecule has 0 bridgehead atoms. The summed E-state index contributed by atoms with van der Waals surface area (Å²) in [6, 6.07) is 25.6. The highest BCUT2D eigenvalue weighted by Gasteiger charge is 2.24. The van der Waals surface area contributed by atoms with Gasteiger partial charge in [-0.15, -0.1) is 0 Å². The van der Waals surface area contributed by atoms with E-state index in [0.29, 0.717) is 13.1 Å². The average Bonchev–Trinajstić information content (AvgIpc) is 3.33. The zero-order valence-corrected chi connectivity index (χ0v) is 21.9. The van der Waals surface area contributed by atoms with Crippen LogP contribution in [0.2, 0.25) is 0 Å². The molecular formula is C31H36N4O2. The van der Waals surface area contributed by atoms with Crippen LogP contribution in [0.15, 0.2) is 85.1 Å². The van der Waals surface area contributed by atoms with Crippen molar-refractivity contribution in [3.05, 3.63) is 102 Å². The van der Waals surface area contributed by atoms with E-state index in [1.807, 2.05) is 91.7 Å². The van der Waals surface area contributed by atoms with Crippen LogP contribution in [0.25, 0.3) is 10.9 Å². The smallest absolute Gasteiger partial charge is 0.322 e. The second-order valence-electron chi connectivity index (χ2n) is 9.61. The SMILES string of the molecule is CCc1ccc(NC(=O)N(CC(=O)N(CCc2c[nH]c3ccccc23)Cc2ccccc2)C(C)C)cc1. The number of amides is 3. The summed E-state index contributed by atoms with van der Waals surface area (Å²) in [6.07, 6.45) is 3.68. The van der Waals surface area contributed by atoms with E-state index in [1.54, 1.807) is 4.90 Å². The minimum atomic E-state index is -0.274. The van der Waals surface area contributed by atoms with Crippen molar-refractivity contribution in [3.63, 3.8) is 0 Å². The van der Waals surface area contributed by atoms with Crippen LogP contribution in [0.4, 0.5) is 10.5 Å². The standard InChI is InChI=1S/C31H36N4O2/c1-4-24-14-16-27(17-15-24)33-31(37)35(23(2)3)22-30(36)34(21-25-10-6-5-7-11-25)19-18-26-20-32-29-13-9-8-12-28(26)29/h5-17,20,23,32H,4,18-19,21-22H2,1-3H3,(H,33,37). The van der Waals surface area contributed by atoms with Crippen molar-refractivity contribution in [3.8, 4) is 0 Å². The van der Waals surface area contributed by atoms with Crippen LogP contribution < -0.4 is 5.32 Å². The number of carbonyl (C=O) groups excluding carboxylic acids is 2. The van der Waals surface area contributed by atoms with Crippen molar-refractivity contribution in [2.75, 3.05) is 18.4 Å². The van der Waals surface area contributed by atoms with E-state index in [2.05, 4.69) is 29.4 Å². The highest BCUT2D eigenvalue weighted by atomic mass is 16.2. The molecule has 192 valence electrons. The van der Waals surface area contributed by atoms with Crippen molar-refractivity contribution in [2.45, 2.75) is 46.2 Å². The number of carbonyl (C=O) groups is 2. The number of urea groups is 1. The fraction of sp³-hybridized carbons (Fsp3) is 0.290. The summed E-state index contributed by atoms with van der Waals surface area (Å²) in [4.78, 5) is 33.6. The van der Waals surface area contributed by atoms with E-state index in [9.17, 15) is 9.59 Å². The lowest BCUT2D eigenvalue weighted by atomic mass is 10.1. The lowest BCUT2D eigenvalue weighted by molar-refractivity contribution is -0.132. The first-order valence-electron chi connectivity index (χ1n) is 13.0. The van der Waals surface area contributed by atoms with Gasteiger partial charge in [0.1, 0.15) is 6.54 Å². The average molecular weight is 497 g/mol. The molecule has 0 aliphatic heterocycles. The third-order valence-corrected chi connectivity index (χ3v) is 6.70. The van der Waals surface area contributed by atoms with Crippen molar-refractivity contribution in [2.24, 2.45) is 0 Å². The lowest BCUT2D eigenvalue weighted by Crippen LogP contribution is -2.47. The molecule has 3 amide bonds. The Labute approximate surface area is 219 Å². The largest absolute Gasteiger partial charge is 0.361 e. The van der Waals surface area contributed by atoms with Gasteiger partial charge in [0.2, 0.25) is 5.91 Å². The Morgan fingerprint density at radius 3 is 2.30 bits per heavy atom. The second kappa shape index (κ2) is 12.3. The highest BCUT2D eigenvalue weighted by Crippen LogP contribution is 2.19. The normalized spacial score (nSPS) is 11.0. The Morgan fingerprint density at radius 1 is 0.892 bits per heavy atom. The predicted molar refractivity (Wildman–Crippen MR) is 151 cm³/mol. The van der Waals surface area contributed by atoms with Gasteiger partial charge in [-0.1, -0.05) is 67.6 Å². The van der Waals surface area contributed by atoms with Gasteiger partial charge < -0.3 is 20.1 Å². The van der Waals surface area contributed by atoms with Crippen molar-refractivity contribution in [1.82, 2.24) is 14.8 Å². The summed E-state index contributed by atoms with van der Waals surface area (Å²) in [5, 5.41) is 4.13. The maximum absolute atomic E-state index is 13.6. The Hall–Kier alpha value is -4.06. The monoisotopic (exact) mass is 496 g/mol. The molecule has 6 nitrogen and oxygen atoms in total. The molecular weight excluding hydrogens is 460 g/mol. The molecule has 0 unspecified atom stereocenters. The number of nitrogens with zero attached hydrogens (tertiary/aromatic N) is 2. The summed E-state index contributed by atoms with van der Waals surface area (Å²) in [7, 11) is 0. The summed E-state index contributed by atoms with van der Waals surface area (Å²) < 4.78 is 0. The third-order valence-electron chi connectivity index (χ3n) is 6.70. The van der Waals surface area contributed by atoms with Crippen LogP contribution in [-0.4, -0.2) is 45.9 Å². The summed E-state index contributed by atoms with van der Waals surface area (Å²) >= 11 is 0. The molecule has 0 atom stereocenters. The molecule has 0 aliphatic carbocycles. The minimum absolute atomic E-state index is 0.0112. The molecule has 1 heterocycles. The van der Waals surface area contributed by atoms with Gasteiger partial charge in [0, 0.05) is 41.9 Å². The number of anilines is 1. The first kappa shape index (κ1) is 26.0. The maximum Gasteiger partial charge on any atom is 0.322 e. The van der Waals surface area contributed by atoms with Crippen LogP contribution in [0.5, 0.6) is 0 Å². The molecule has 4 aromatic rings. The van der Waals surface area contributed by atoms with Crippen LogP contribution >= 0.6 is 0 Å². The lowest BCUT2D eigenvalue weighted by Gasteiger charge is -2.30. The van der Waals surface area contributed by atoms with Gasteiger partial charge >= 0.3 is 6.03 Å². The fourth-order valence-electron chi connectivity index (χ4n) is 4.44. The number of benzene rings is 3. The Morgan fingerprint density at radius 2 is 1.59 bits per heavy atom. The van der Waals surface area contributed by atoms with E-state index in [4.69, 9.17) is 0 Å². The van der Waals surface area contributed by atoms with Gasteiger partial charge in [0.05, 0.1) is 0 Å². The minimum Gasteiger partial charge on any atom is -0.361 e. The quantitative estimate of drug-likeness (QED) is 0.273. The van der Waals surface area contributed by atoms with E-state index in [0.717, 1.165) is 29.6 Å². The number of hydrogen-bond donors (Lipinski definition) is 2. The van der Waals surface area contributed by atoms with Crippen LogP contribution in [0.3, 0.4) is 0 Å². The molecule has 0 fully saturated rings. The molecule has 0 aliphatic rings.